The Bertz CT molecular complexity index is 60.6. The molecule has 0 spiro atoms. The van der Waals surface area contributed by atoms with Gasteiger partial charge in [0.25, 0.3) is 0 Å². The molecule has 0 aromatic heterocycles. The van der Waals surface area contributed by atoms with Gasteiger partial charge >= 0.3 is 53.8 Å². The molecule has 0 aliphatic carbocycles. The van der Waals surface area contributed by atoms with Crippen LogP contribution in [0.1, 0.15) is 6.92 Å². The molecule has 0 saturated carbocycles. The van der Waals surface area contributed by atoms with E-state index in [9.17, 15) is 4.79 Å². The van der Waals surface area contributed by atoms with Crippen molar-refractivity contribution in [1.82, 2.24) is 0 Å². The molecular weight excluding hydrogens is 310 g/mol. The maximum absolute atomic E-state index is 9.96. The Morgan fingerprint density at radius 2 is 2.17 bits per heavy atom. The van der Waals surface area contributed by atoms with Crippen LogP contribution in [0.3, 0.4) is 0 Å². The Labute approximate surface area is 53.4 Å². The molecule has 4 heteroatoms. The van der Waals surface area contributed by atoms with Crippen LogP contribution in [-0.4, -0.2) is 7.23 Å². The third-order valence-corrected chi connectivity index (χ3v) is 5.32. The quantitative estimate of drug-likeness (QED) is 0.585. The van der Waals surface area contributed by atoms with Gasteiger partial charge in [0.2, 0.25) is 0 Å². The minimum absolute atomic E-state index is 0.0419. The predicted octanol–water partition coefficient (Wildman–Crippen LogP) is 1.30. The van der Waals surface area contributed by atoms with E-state index in [1.165, 1.54) is 6.92 Å². The molecule has 0 aromatic carbocycles. The van der Waals surface area contributed by atoms with E-state index in [4.69, 9.17) is 3.44 Å². The third kappa shape index (κ3) is 3.29. The van der Waals surface area contributed by atoms with E-state index in [1.807, 2.05) is 0 Å². The Kier molecular flexibility index (Phi) is 3.71. The van der Waals surface area contributed by atoms with Crippen LogP contribution < -0.4 is 0 Å². The SMILES string of the molecule is CC(=O)I(O)I. The van der Waals surface area contributed by atoms with E-state index in [0.717, 1.165) is 0 Å². The minimum atomic E-state index is -2.05. The van der Waals surface area contributed by atoms with Gasteiger partial charge in [0.15, 0.2) is 0 Å². The summed E-state index contributed by atoms with van der Waals surface area (Å²) in [6.45, 7) is 1.41. The summed E-state index contributed by atoms with van der Waals surface area (Å²) in [6.07, 6.45) is 0. The Hall–Kier alpha value is 1.09. The van der Waals surface area contributed by atoms with Crippen LogP contribution >= 0.6 is 34.9 Å². The first kappa shape index (κ1) is 7.09. The van der Waals surface area contributed by atoms with E-state index in [1.54, 1.807) is 18.6 Å². The molecule has 0 radical (unpaired) electrons. The normalized spacial score (nSPS) is 10.8. The summed E-state index contributed by atoms with van der Waals surface area (Å²) in [6, 6.07) is 0. The molecule has 0 amide bonds. The molecule has 38 valence electrons. The second kappa shape index (κ2) is 3.14. The molecule has 6 heavy (non-hydrogen) atoms. The van der Waals surface area contributed by atoms with Crippen molar-refractivity contribution in [3.63, 3.8) is 0 Å². The van der Waals surface area contributed by atoms with Gasteiger partial charge < -0.3 is 0 Å². The molecule has 0 unspecified atom stereocenters. The van der Waals surface area contributed by atoms with Crippen molar-refractivity contribution in [2.75, 3.05) is 0 Å². The molecule has 0 atom stereocenters. The van der Waals surface area contributed by atoms with Crippen LogP contribution in [0.2, 0.25) is 0 Å². The number of halogens is 2. The summed E-state index contributed by atoms with van der Waals surface area (Å²) in [7, 11) is 0. The van der Waals surface area contributed by atoms with Crippen molar-refractivity contribution < 1.29 is 8.23 Å². The molecule has 0 aromatic rings. The fourth-order valence-corrected chi connectivity index (χ4v) is 0. The van der Waals surface area contributed by atoms with Gasteiger partial charge in [-0.25, -0.2) is 0 Å². The first-order valence-electron chi connectivity index (χ1n) is 1.20. The van der Waals surface area contributed by atoms with Gasteiger partial charge in [-0.15, -0.1) is 0 Å². The zero-order chi connectivity index (χ0) is 5.15. The van der Waals surface area contributed by atoms with E-state index in [0.29, 0.717) is 0 Å². The molecule has 0 heterocycles. The summed E-state index contributed by atoms with van der Waals surface area (Å²) in [5, 5.41) is 0. The molecular formula is C2H4I2O2. The van der Waals surface area contributed by atoms with Crippen molar-refractivity contribution in [3.8, 4) is 0 Å². The van der Waals surface area contributed by atoms with Crippen LogP contribution in [0.15, 0.2) is 0 Å². The summed E-state index contributed by atoms with van der Waals surface area (Å²) in [5.41, 5.74) is 0. The van der Waals surface area contributed by atoms with Gasteiger partial charge in [-0.1, -0.05) is 0 Å². The standard InChI is InChI=1S/C2H4I2O2/c1-2(5)4(3)6/h6H,1H3. The Balaban J connectivity index is 3.26. The first-order valence-corrected chi connectivity index (χ1v) is 9.53. The average Bonchev–Trinajstić information content (AvgIpc) is 1.36. The second-order valence-electron chi connectivity index (χ2n) is 0.690. The van der Waals surface area contributed by atoms with Crippen molar-refractivity contribution in [2.45, 2.75) is 6.92 Å². The van der Waals surface area contributed by atoms with E-state index in [-0.39, 0.29) is 3.79 Å². The van der Waals surface area contributed by atoms with Crippen LogP contribution in [0.5, 0.6) is 0 Å². The van der Waals surface area contributed by atoms with Gasteiger partial charge in [0.05, 0.1) is 0 Å². The molecule has 0 fully saturated rings. The number of carbonyl (C=O) groups is 1. The molecule has 1 N–H and O–H groups in total. The van der Waals surface area contributed by atoms with Gasteiger partial charge in [0.1, 0.15) is 0 Å². The number of rotatable bonds is 1. The van der Waals surface area contributed by atoms with Gasteiger partial charge in [0, 0.05) is 0 Å². The van der Waals surface area contributed by atoms with Crippen molar-refractivity contribution in [1.29, 1.82) is 0 Å². The van der Waals surface area contributed by atoms with Gasteiger partial charge in [-0.3, -0.25) is 0 Å². The molecule has 0 rings (SSSR count). The molecule has 0 saturated heterocycles. The van der Waals surface area contributed by atoms with E-state index >= 15 is 0 Å². The summed E-state index contributed by atoms with van der Waals surface area (Å²) in [4.78, 5) is 9.96. The average molecular weight is 314 g/mol. The Morgan fingerprint density at radius 3 is 2.17 bits per heavy atom. The van der Waals surface area contributed by atoms with Crippen molar-refractivity contribution >= 4 is 38.7 Å². The van der Waals surface area contributed by atoms with Crippen molar-refractivity contribution in [3.05, 3.63) is 0 Å². The second-order valence-corrected chi connectivity index (χ2v) is 8.65. The topological polar surface area (TPSA) is 37.3 Å². The number of hydrogen-bond acceptors (Lipinski definition) is 2. The fourth-order valence-electron chi connectivity index (χ4n) is 0. The monoisotopic (exact) mass is 314 g/mol. The van der Waals surface area contributed by atoms with Gasteiger partial charge in [-0.2, -0.15) is 0 Å². The molecule has 0 aliphatic rings. The fraction of sp³-hybridized carbons (Fsp3) is 0.500. The molecule has 0 aliphatic heterocycles. The van der Waals surface area contributed by atoms with Gasteiger partial charge in [-0.05, 0) is 0 Å². The summed E-state index contributed by atoms with van der Waals surface area (Å²) >= 11 is -0.258. The zero-order valence-corrected chi connectivity index (χ0v) is 7.43. The predicted molar refractivity (Wildman–Crippen MR) is 40.9 cm³/mol. The van der Waals surface area contributed by atoms with E-state index < -0.39 is 16.3 Å². The summed E-state index contributed by atoms with van der Waals surface area (Å²) in [5.74, 6) is 0. The first-order chi connectivity index (χ1) is 2.64. The van der Waals surface area contributed by atoms with Crippen LogP contribution in [0.4, 0.5) is 0 Å². The number of hydrogen-bond donors (Lipinski definition) is 1. The van der Waals surface area contributed by atoms with Crippen molar-refractivity contribution in [2.24, 2.45) is 0 Å². The Morgan fingerprint density at radius 1 is 2.00 bits per heavy atom. The zero-order valence-electron chi connectivity index (χ0n) is 3.11. The van der Waals surface area contributed by atoms with Crippen LogP contribution in [-0.2, 0) is 4.79 Å². The summed E-state index contributed by atoms with van der Waals surface area (Å²) < 4.78 is 8.38. The maximum atomic E-state index is 9.96. The van der Waals surface area contributed by atoms with Crippen LogP contribution in [0, 0.1) is 0 Å². The van der Waals surface area contributed by atoms with Crippen LogP contribution in [0.25, 0.3) is 0 Å². The van der Waals surface area contributed by atoms with E-state index in [2.05, 4.69) is 0 Å². The molecule has 0 bridgehead atoms. The number of carbonyl (C=O) groups excluding carboxylic acids is 1. The third-order valence-electron chi connectivity index (χ3n) is 0.220. The molecule has 2 nitrogen and oxygen atoms in total.